The van der Waals surface area contributed by atoms with Gasteiger partial charge in [0.25, 0.3) is 0 Å². The lowest BCUT2D eigenvalue weighted by molar-refractivity contribution is 0.561. The molecule has 0 unspecified atom stereocenters. The van der Waals surface area contributed by atoms with E-state index in [0.29, 0.717) is 4.77 Å². The number of hydrogen-bond donors (Lipinski definition) is 2. The highest BCUT2D eigenvalue weighted by Gasteiger charge is 2.20. The average molecular weight is 250 g/mol. The zero-order chi connectivity index (χ0) is 11.7. The monoisotopic (exact) mass is 250 g/mol. The zero-order valence-corrected chi connectivity index (χ0v) is 10.8. The molecule has 0 aliphatic carbocycles. The molecule has 0 atom stereocenters. The van der Waals surface area contributed by atoms with Crippen molar-refractivity contribution in [3.05, 3.63) is 16.0 Å². The minimum absolute atomic E-state index is 0.631. The third-order valence-electron chi connectivity index (χ3n) is 3.61. The summed E-state index contributed by atoms with van der Waals surface area (Å²) in [6.07, 6.45) is 4.92. The Morgan fingerprint density at radius 3 is 2.82 bits per heavy atom. The van der Waals surface area contributed by atoms with E-state index in [0.717, 1.165) is 38.4 Å². The quantitative estimate of drug-likeness (QED) is 0.746. The van der Waals surface area contributed by atoms with Gasteiger partial charge in [-0.25, -0.2) is 4.98 Å². The van der Waals surface area contributed by atoms with Gasteiger partial charge in [-0.3, -0.25) is 0 Å². The van der Waals surface area contributed by atoms with E-state index in [4.69, 9.17) is 12.2 Å². The number of fused-ring (bicyclic) bond motifs is 1. The molecule has 1 aromatic heterocycles. The predicted molar refractivity (Wildman–Crippen MR) is 70.9 cm³/mol. The summed E-state index contributed by atoms with van der Waals surface area (Å²) in [6, 6.07) is 0. The predicted octanol–water partition coefficient (Wildman–Crippen LogP) is 1.78. The van der Waals surface area contributed by atoms with E-state index >= 15 is 0 Å². The first-order chi connectivity index (χ1) is 8.34. The molecule has 0 spiro atoms. The summed E-state index contributed by atoms with van der Waals surface area (Å²) in [4.78, 5) is 10.2. The Morgan fingerprint density at radius 2 is 2.00 bits per heavy atom. The van der Waals surface area contributed by atoms with Crippen molar-refractivity contribution < 1.29 is 0 Å². The van der Waals surface area contributed by atoms with Crippen LogP contribution in [0.25, 0.3) is 0 Å². The van der Waals surface area contributed by atoms with Gasteiger partial charge >= 0.3 is 0 Å². The van der Waals surface area contributed by atoms with Crippen LogP contribution in [0.5, 0.6) is 0 Å². The topological polar surface area (TPSA) is 44.0 Å². The highest BCUT2D eigenvalue weighted by molar-refractivity contribution is 7.71. The van der Waals surface area contributed by atoms with Crippen molar-refractivity contribution in [1.82, 2.24) is 15.3 Å². The Hall–Kier alpha value is -0.940. The second kappa shape index (κ2) is 4.74. The van der Waals surface area contributed by atoms with Gasteiger partial charge in [0, 0.05) is 43.9 Å². The molecule has 1 aromatic rings. The van der Waals surface area contributed by atoms with Gasteiger partial charge in [0.2, 0.25) is 0 Å². The van der Waals surface area contributed by atoms with Crippen LogP contribution in [0.2, 0.25) is 0 Å². The van der Waals surface area contributed by atoms with Crippen molar-refractivity contribution in [3.63, 3.8) is 0 Å². The van der Waals surface area contributed by atoms with Crippen LogP contribution in [-0.2, 0) is 13.0 Å². The summed E-state index contributed by atoms with van der Waals surface area (Å²) in [6.45, 7) is 4.19. The van der Waals surface area contributed by atoms with Crippen LogP contribution in [0.1, 0.15) is 30.5 Å². The van der Waals surface area contributed by atoms with Crippen LogP contribution >= 0.6 is 12.2 Å². The Balaban J connectivity index is 2.01. The molecule has 5 heteroatoms. The van der Waals surface area contributed by atoms with Crippen molar-refractivity contribution in [1.29, 1.82) is 0 Å². The van der Waals surface area contributed by atoms with Gasteiger partial charge in [-0.1, -0.05) is 0 Å². The van der Waals surface area contributed by atoms with E-state index in [1.165, 1.54) is 30.5 Å². The minimum Gasteiger partial charge on any atom is -0.356 e. The summed E-state index contributed by atoms with van der Waals surface area (Å²) in [5, 5.41) is 3.42. The molecule has 3 heterocycles. The number of aromatic nitrogens is 2. The van der Waals surface area contributed by atoms with Gasteiger partial charge in [-0.05, 0) is 31.5 Å². The molecular weight excluding hydrogens is 232 g/mol. The van der Waals surface area contributed by atoms with Gasteiger partial charge in [-0.15, -0.1) is 0 Å². The van der Waals surface area contributed by atoms with Crippen LogP contribution in [0.3, 0.4) is 0 Å². The van der Waals surface area contributed by atoms with E-state index in [-0.39, 0.29) is 0 Å². The molecule has 0 amide bonds. The Bertz CT molecular complexity index is 462. The second-order valence-electron chi connectivity index (χ2n) is 4.80. The minimum atomic E-state index is 0.631. The van der Waals surface area contributed by atoms with E-state index in [1.807, 2.05) is 0 Å². The van der Waals surface area contributed by atoms with Crippen molar-refractivity contribution in [2.75, 3.05) is 24.5 Å². The molecule has 2 aliphatic heterocycles. The molecule has 0 saturated carbocycles. The van der Waals surface area contributed by atoms with Crippen LogP contribution in [0.4, 0.5) is 5.82 Å². The van der Waals surface area contributed by atoms with Crippen LogP contribution < -0.4 is 10.2 Å². The lowest BCUT2D eigenvalue weighted by Gasteiger charge is -2.31. The number of H-pyrrole nitrogens is 1. The second-order valence-corrected chi connectivity index (χ2v) is 5.18. The third-order valence-corrected chi connectivity index (χ3v) is 3.80. The number of aromatic amines is 1. The smallest absolute Gasteiger partial charge is 0.198 e. The van der Waals surface area contributed by atoms with E-state index in [1.54, 1.807) is 0 Å². The SMILES string of the molecule is S=c1nc(N2CCCCC2)c2c([nH]1)CCNC2. The molecule has 2 aliphatic rings. The fraction of sp³-hybridized carbons (Fsp3) is 0.667. The molecule has 0 radical (unpaired) electrons. The zero-order valence-electron chi connectivity index (χ0n) is 9.96. The first kappa shape index (κ1) is 11.2. The molecule has 92 valence electrons. The van der Waals surface area contributed by atoms with Crippen molar-refractivity contribution in [3.8, 4) is 0 Å². The Labute approximate surface area is 106 Å². The molecule has 3 rings (SSSR count). The fourth-order valence-corrected chi connectivity index (χ4v) is 2.93. The lowest BCUT2D eigenvalue weighted by Crippen LogP contribution is -2.34. The summed E-state index contributed by atoms with van der Waals surface area (Å²) >= 11 is 5.24. The maximum absolute atomic E-state index is 5.24. The normalized spacial score (nSPS) is 20.1. The number of piperidine rings is 1. The van der Waals surface area contributed by atoms with Gasteiger partial charge in [-0.2, -0.15) is 0 Å². The first-order valence-corrected chi connectivity index (χ1v) is 6.83. The van der Waals surface area contributed by atoms with E-state index in [9.17, 15) is 0 Å². The van der Waals surface area contributed by atoms with Gasteiger partial charge in [0.05, 0.1) is 0 Å². The summed E-state index contributed by atoms with van der Waals surface area (Å²) < 4.78 is 0.631. The van der Waals surface area contributed by atoms with Crippen molar-refractivity contribution in [2.45, 2.75) is 32.2 Å². The standard InChI is InChI=1S/C12H18N4S/c17-12-14-10-4-5-13-8-9(10)11(15-12)16-6-2-1-3-7-16/h13H,1-8H2,(H,14,15,17). The first-order valence-electron chi connectivity index (χ1n) is 6.42. The number of anilines is 1. The maximum Gasteiger partial charge on any atom is 0.198 e. The van der Waals surface area contributed by atoms with Crippen LogP contribution in [0, 0.1) is 4.77 Å². The summed E-state index contributed by atoms with van der Waals surface area (Å²) in [5.41, 5.74) is 2.61. The van der Waals surface area contributed by atoms with Crippen molar-refractivity contribution in [2.24, 2.45) is 0 Å². The number of nitrogens with zero attached hydrogens (tertiary/aromatic N) is 2. The number of hydrogen-bond acceptors (Lipinski definition) is 4. The van der Waals surface area contributed by atoms with Crippen LogP contribution in [0.15, 0.2) is 0 Å². The van der Waals surface area contributed by atoms with E-state index < -0.39 is 0 Å². The van der Waals surface area contributed by atoms with Gasteiger partial charge < -0.3 is 15.2 Å². The summed E-state index contributed by atoms with van der Waals surface area (Å²) in [5.74, 6) is 1.12. The van der Waals surface area contributed by atoms with Gasteiger partial charge in [0.15, 0.2) is 4.77 Å². The average Bonchev–Trinajstić information content (AvgIpc) is 2.39. The third kappa shape index (κ3) is 2.21. The number of nitrogens with one attached hydrogen (secondary N) is 2. The largest absolute Gasteiger partial charge is 0.356 e. The van der Waals surface area contributed by atoms with Gasteiger partial charge in [0.1, 0.15) is 5.82 Å². The Kier molecular flexibility index (Phi) is 3.11. The molecule has 4 nitrogen and oxygen atoms in total. The highest BCUT2D eigenvalue weighted by Crippen LogP contribution is 2.25. The Morgan fingerprint density at radius 1 is 1.18 bits per heavy atom. The number of rotatable bonds is 1. The molecule has 2 N–H and O–H groups in total. The van der Waals surface area contributed by atoms with Crippen molar-refractivity contribution >= 4 is 18.0 Å². The molecule has 0 bridgehead atoms. The maximum atomic E-state index is 5.24. The molecule has 1 fully saturated rings. The van der Waals surface area contributed by atoms with Crippen LogP contribution in [-0.4, -0.2) is 29.6 Å². The molecule has 1 saturated heterocycles. The fourth-order valence-electron chi connectivity index (χ4n) is 2.72. The highest BCUT2D eigenvalue weighted by atomic mass is 32.1. The lowest BCUT2D eigenvalue weighted by atomic mass is 10.1. The summed E-state index contributed by atoms with van der Waals surface area (Å²) in [7, 11) is 0. The van der Waals surface area contributed by atoms with E-state index in [2.05, 4.69) is 20.2 Å². The molecule has 0 aromatic carbocycles. The molecular formula is C12H18N4S. The molecule has 17 heavy (non-hydrogen) atoms.